The molecule has 0 unspecified atom stereocenters. The predicted octanol–water partition coefficient (Wildman–Crippen LogP) is 6.47. The molecule has 0 radical (unpaired) electrons. The minimum absolute atomic E-state index is 0.189. The van der Waals surface area contributed by atoms with Crippen LogP contribution in [0.4, 0.5) is 26.3 Å². The molecule has 0 aliphatic heterocycles. The van der Waals surface area contributed by atoms with Crippen LogP contribution in [0, 0.1) is 0 Å². The fraction of sp³-hybridized carbons (Fsp3) is 0.385. The van der Waals surface area contributed by atoms with Gasteiger partial charge in [0, 0.05) is 29.8 Å². The molecule has 0 spiro atoms. The highest BCUT2D eigenvalue weighted by molar-refractivity contribution is 5.99. The minimum atomic E-state index is -5.99. The standard InChI is InChI=1S/C26H27F6N3O2/c1-3-5-15-33-23(36)21-20(17-9-7-6-8-10-17)34-22(35(21)16-4-2)18-11-13-19(14-12-18)24(37,25(27,28)29)26(30,31)32/h6-14,37H,3-5,15-16H2,1-2H3,(H,33,36). The highest BCUT2D eigenvalue weighted by atomic mass is 19.4. The van der Waals surface area contributed by atoms with Crippen LogP contribution in [-0.4, -0.2) is 39.5 Å². The van der Waals surface area contributed by atoms with Crippen molar-refractivity contribution in [3.63, 3.8) is 0 Å². The SMILES string of the molecule is CCCCNC(=O)c1c(-c2ccccc2)nc(-c2ccc(C(O)(C(F)(F)F)C(F)(F)F)cc2)n1CCC. The van der Waals surface area contributed by atoms with Gasteiger partial charge in [0.2, 0.25) is 0 Å². The van der Waals surface area contributed by atoms with E-state index in [-0.39, 0.29) is 23.0 Å². The largest absolute Gasteiger partial charge is 0.430 e. The first-order chi connectivity index (χ1) is 17.4. The third kappa shape index (κ3) is 5.51. The van der Waals surface area contributed by atoms with Gasteiger partial charge in [0.05, 0.1) is 0 Å². The second-order valence-corrected chi connectivity index (χ2v) is 8.54. The van der Waals surface area contributed by atoms with Crippen LogP contribution in [0.25, 0.3) is 22.6 Å². The number of nitrogens with zero attached hydrogens (tertiary/aromatic N) is 2. The van der Waals surface area contributed by atoms with E-state index in [0.717, 1.165) is 25.0 Å². The lowest BCUT2D eigenvalue weighted by Crippen LogP contribution is -2.53. The summed E-state index contributed by atoms with van der Waals surface area (Å²) < 4.78 is 81.4. The number of nitrogens with one attached hydrogen (secondary N) is 1. The van der Waals surface area contributed by atoms with E-state index >= 15 is 0 Å². The van der Waals surface area contributed by atoms with Gasteiger partial charge < -0.3 is 15.0 Å². The van der Waals surface area contributed by atoms with Crippen LogP contribution < -0.4 is 5.32 Å². The zero-order valence-electron chi connectivity index (χ0n) is 20.2. The van der Waals surface area contributed by atoms with Gasteiger partial charge >= 0.3 is 12.4 Å². The Morgan fingerprint density at radius 2 is 1.49 bits per heavy atom. The molecule has 2 N–H and O–H groups in total. The van der Waals surface area contributed by atoms with Crippen LogP contribution in [0.15, 0.2) is 54.6 Å². The van der Waals surface area contributed by atoms with Crippen LogP contribution in [0.3, 0.4) is 0 Å². The number of aromatic nitrogens is 2. The number of unbranched alkanes of at least 4 members (excludes halogenated alkanes) is 1. The lowest BCUT2D eigenvalue weighted by Gasteiger charge is -2.32. The molecule has 0 aliphatic carbocycles. The molecular weight excluding hydrogens is 500 g/mol. The highest BCUT2D eigenvalue weighted by Crippen LogP contribution is 2.50. The Balaban J connectivity index is 2.17. The number of carbonyl (C=O) groups excluding carboxylic acids is 1. The monoisotopic (exact) mass is 527 g/mol. The van der Waals surface area contributed by atoms with Gasteiger partial charge in [0.15, 0.2) is 0 Å². The fourth-order valence-corrected chi connectivity index (χ4v) is 3.95. The first-order valence-electron chi connectivity index (χ1n) is 11.8. The van der Waals surface area contributed by atoms with E-state index in [1.807, 2.05) is 13.8 Å². The lowest BCUT2D eigenvalue weighted by atomic mass is 9.91. The molecule has 1 aromatic heterocycles. The van der Waals surface area contributed by atoms with Crippen molar-refractivity contribution >= 4 is 5.91 Å². The summed E-state index contributed by atoms with van der Waals surface area (Å²) in [6.45, 7) is 4.59. The summed E-state index contributed by atoms with van der Waals surface area (Å²) in [6.07, 6.45) is -9.79. The quantitative estimate of drug-likeness (QED) is 0.248. The molecule has 200 valence electrons. The van der Waals surface area contributed by atoms with Gasteiger partial charge in [-0.25, -0.2) is 4.98 Å². The van der Waals surface area contributed by atoms with Crippen molar-refractivity contribution in [2.45, 2.75) is 57.6 Å². The van der Waals surface area contributed by atoms with Crippen molar-refractivity contribution in [3.05, 3.63) is 65.9 Å². The van der Waals surface area contributed by atoms with Gasteiger partial charge in [-0.05, 0) is 12.8 Å². The minimum Gasteiger partial charge on any atom is -0.369 e. The molecule has 0 saturated heterocycles. The molecule has 37 heavy (non-hydrogen) atoms. The molecular formula is C26H27F6N3O2. The van der Waals surface area contributed by atoms with Crippen LogP contribution in [0.5, 0.6) is 0 Å². The molecule has 1 amide bonds. The number of rotatable bonds is 9. The average Bonchev–Trinajstić information content (AvgIpc) is 3.22. The topological polar surface area (TPSA) is 67.2 Å². The smallest absolute Gasteiger partial charge is 0.369 e. The van der Waals surface area contributed by atoms with E-state index in [1.54, 1.807) is 34.9 Å². The molecule has 5 nitrogen and oxygen atoms in total. The lowest BCUT2D eigenvalue weighted by molar-refractivity contribution is -0.376. The Kier molecular flexibility index (Phi) is 8.36. The van der Waals surface area contributed by atoms with Gasteiger partial charge in [0.25, 0.3) is 11.5 Å². The van der Waals surface area contributed by atoms with Gasteiger partial charge in [0.1, 0.15) is 17.2 Å². The van der Waals surface area contributed by atoms with Gasteiger partial charge in [-0.3, -0.25) is 4.79 Å². The fourth-order valence-electron chi connectivity index (χ4n) is 3.95. The Morgan fingerprint density at radius 1 is 0.892 bits per heavy atom. The molecule has 0 fully saturated rings. The molecule has 1 heterocycles. The van der Waals surface area contributed by atoms with E-state index in [9.17, 15) is 36.2 Å². The van der Waals surface area contributed by atoms with Crippen LogP contribution in [0.2, 0.25) is 0 Å². The zero-order valence-corrected chi connectivity index (χ0v) is 20.2. The number of hydrogen-bond donors (Lipinski definition) is 2. The van der Waals surface area contributed by atoms with Gasteiger partial charge in [-0.15, -0.1) is 0 Å². The summed E-state index contributed by atoms with van der Waals surface area (Å²) >= 11 is 0. The van der Waals surface area contributed by atoms with Crippen molar-refractivity contribution in [2.24, 2.45) is 0 Å². The molecule has 2 aromatic carbocycles. The van der Waals surface area contributed by atoms with Gasteiger partial charge in [-0.1, -0.05) is 74.9 Å². The molecule has 3 rings (SSSR count). The van der Waals surface area contributed by atoms with E-state index in [1.165, 1.54) is 0 Å². The summed E-state index contributed by atoms with van der Waals surface area (Å²) in [7, 11) is 0. The Morgan fingerprint density at radius 3 is 2.00 bits per heavy atom. The first kappa shape index (κ1) is 28.2. The zero-order chi connectivity index (χ0) is 27.4. The number of amides is 1. The second kappa shape index (κ2) is 11.0. The van der Waals surface area contributed by atoms with E-state index < -0.39 is 23.5 Å². The third-order valence-electron chi connectivity index (χ3n) is 5.87. The summed E-state index contributed by atoms with van der Waals surface area (Å²) in [5.41, 5.74) is -5.01. The number of benzene rings is 2. The second-order valence-electron chi connectivity index (χ2n) is 8.54. The van der Waals surface area contributed by atoms with Crippen molar-refractivity contribution in [1.29, 1.82) is 0 Å². The number of imidazole rings is 1. The molecule has 11 heteroatoms. The van der Waals surface area contributed by atoms with Crippen molar-refractivity contribution in [1.82, 2.24) is 14.9 Å². The Labute approximate surface area is 210 Å². The molecule has 0 bridgehead atoms. The van der Waals surface area contributed by atoms with Gasteiger partial charge in [-0.2, -0.15) is 26.3 Å². The molecule has 0 saturated carbocycles. The van der Waals surface area contributed by atoms with E-state index in [4.69, 9.17) is 0 Å². The van der Waals surface area contributed by atoms with Crippen molar-refractivity contribution in [3.8, 4) is 22.6 Å². The number of halogens is 6. The maximum atomic E-state index is 13.3. The summed E-state index contributed by atoms with van der Waals surface area (Å²) in [6, 6.07) is 12.0. The predicted molar refractivity (Wildman–Crippen MR) is 127 cm³/mol. The van der Waals surface area contributed by atoms with E-state index in [0.29, 0.717) is 42.9 Å². The van der Waals surface area contributed by atoms with Crippen molar-refractivity contribution < 1.29 is 36.2 Å². The first-order valence-corrected chi connectivity index (χ1v) is 11.8. The van der Waals surface area contributed by atoms with E-state index in [2.05, 4.69) is 10.3 Å². The van der Waals surface area contributed by atoms with Crippen LogP contribution in [-0.2, 0) is 12.1 Å². The maximum absolute atomic E-state index is 13.3. The van der Waals surface area contributed by atoms with Crippen LogP contribution >= 0.6 is 0 Å². The summed E-state index contributed by atoms with van der Waals surface area (Å²) in [5.74, 6) is -0.185. The number of aliphatic hydroxyl groups is 1. The molecule has 0 aliphatic rings. The molecule has 3 aromatic rings. The van der Waals surface area contributed by atoms with Crippen LogP contribution in [0.1, 0.15) is 49.2 Å². The molecule has 0 atom stereocenters. The number of hydrogen-bond acceptors (Lipinski definition) is 3. The van der Waals surface area contributed by atoms with Crippen molar-refractivity contribution in [2.75, 3.05) is 6.54 Å². The Bertz CT molecular complexity index is 1190. The maximum Gasteiger partial charge on any atom is 0.430 e. The normalized spacial score (nSPS) is 12.6. The number of carbonyl (C=O) groups is 1. The summed E-state index contributed by atoms with van der Waals surface area (Å²) in [4.78, 5) is 17.8. The summed E-state index contributed by atoms with van der Waals surface area (Å²) in [5, 5.41) is 12.6. The average molecular weight is 528 g/mol. The Hall–Kier alpha value is -3.34. The number of alkyl halides is 6. The highest BCUT2D eigenvalue weighted by Gasteiger charge is 2.71. The third-order valence-corrected chi connectivity index (χ3v) is 5.87.